The third-order valence-corrected chi connectivity index (χ3v) is 5.34. The normalized spacial score (nSPS) is 19.7. The molecule has 1 aromatic heterocycles. The van der Waals surface area contributed by atoms with Crippen molar-refractivity contribution in [2.24, 2.45) is 10.3 Å². The Labute approximate surface area is 183 Å². The summed E-state index contributed by atoms with van der Waals surface area (Å²) in [6, 6.07) is 12.8. The highest BCUT2D eigenvalue weighted by Gasteiger charge is 2.55. The second kappa shape index (κ2) is 7.88. The number of nitrogens with zero attached hydrogens (tertiary/aromatic N) is 6. The molecule has 32 heavy (non-hydrogen) atoms. The summed E-state index contributed by atoms with van der Waals surface area (Å²) < 4.78 is 10.8. The lowest BCUT2D eigenvalue weighted by Gasteiger charge is -2.19. The Hall–Kier alpha value is -4.08. The van der Waals surface area contributed by atoms with Crippen molar-refractivity contribution in [3.63, 3.8) is 0 Å². The maximum atomic E-state index is 13.1. The van der Waals surface area contributed by atoms with E-state index in [4.69, 9.17) is 9.26 Å². The Bertz CT molecular complexity index is 1190. The fourth-order valence-electron chi connectivity index (χ4n) is 3.74. The highest BCUT2D eigenvalue weighted by atomic mass is 16.5. The molecule has 5 rings (SSSR count). The van der Waals surface area contributed by atoms with Crippen LogP contribution >= 0.6 is 0 Å². The lowest BCUT2D eigenvalue weighted by Crippen LogP contribution is -2.39. The highest BCUT2D eigenvalue weighted by Crippen LogP contribution is 2.33. The van der Waals surface area contributed by atoms with E-state index < -0.39 is 23.9 Å². The molecule has 162 valence electrons. The Kier molecular flexibility index (Phi) is 4.89. The number of benzene rings is 2. The van der Waals surface area contributed by atoms with E-state index in [1.165, 1.54) is 5.01 Å². The molecule has 1 saturated heterocycles. The maximum absolute atomic E-state index is 13.1. The van der Waals surface area contributed by atoms with E-state index in [0.717, 1.165) is 16.0 Å². The van der Waals surface area contributed by atoms with Crippen LogP contribution in [0.1, 0.15) is 18.4 Å². The third kappa shape index (κ3) is 3.39. The minimum Gasteiger partial charge on any atom is -0.494 e. The van der Waals surface area contributed by atoms with Crippen LogP contribution in [0.3, 0.4) is 0 Å². The molecule has 0 radical (unpaired) electrons. The van der Waals surface area contributed by atoms with Crippen molar-refractivity contribution in [2.45, 2.75) is 32.5 Å². The quantitative estimate of drug-likeness (QED) is 0.550. The van der Waals surface area contributed by atoms with Gasteiger partial charge in [-0.2, -0.15) is 10.1 Å². The number of carbonyl (C=O) groups excluding carboxylic acids is 2. The number of hydrogen-bond acceptors (Lipinski definition) is 9. The van der Waals surface area contributed by atoms with Crippen LogP contribution in [0.15, 0.2) is 63.4 Å². The molecule has 10 heteroatoms. The molecule has 3 aromatic rings. The van der Waals surface area contributed by atoms with E-state index in [1.54, 1.807) is 24.3 Å². The lowest BCUT2D eigenvalue weighted by molar-refractivity contribution is -0.123. The number of carbonyl (C=O) groups is 2. The van der Waals surface area contributed by atoms with E-state index in [9.17, 15) is 9.59 Å². The predicted octanol–water partition coefficient (Wildman–Crippen LogP) is 2.94. The second-order valence-electron chi connectivity index (χ2n) is 7.51. The molecule has 0 spiro atoms. The zero-order valence-electron chi connectivity index (χ0n) is 17.5. The summed E-state index contributed by atoms with van der Waals surface area (Å²) in [5, 5.41) is 13.5. The van der Waals surface area contributed by atoms with Crippen molar-refractivity contribution in [1.29, 1.82) is 0 Å². The van der Waals surface area contributed by atoms with Gasteiger partial charge in [-0.15, -0.1) is 0 Å². The standard InChI is InChI=1S/C22H20N6O4/c1-3-31-16-10-8-15(9-11-16)28-21(29)18-19(22(28)30)27(26-24-18)12-17-23-20(25-32-17)14-6-4-13(2)5-7-14/h4-11,18-19H,3,12H2,1-2H3. The number of rotatable bonds is 6. The van der Waals surface area contributed by atoms with Gasteiger partial charge in [0.05, 0.1) is 12.3 Å². The van der Waals surface area contributed by atoms with Gasteiger partial charge in [0.2, 0.25) is 11.7 Å². The topological polar surface area (TPSA) is 113 Å². The number of hydrogen-bond donors (Lipinski definition) is 0. The Morgan fingerprint density at radius 1 is 1.03 bits per heavy atom. The van der Waals surface area contributed by atoms with Gasteiger partial charge in [0.25, 0.3) is 11.8 Å². The molecule has 2 atom stereocenters. The molecule has 10 nitrogen and oxygen atoms in total. The summed E-state index contributed by atoms with van der Waals surface area (Å²) in [4.78, 5) is 31.5. The van der Waals surface area contributed by atoms with Gasteiger partial charge in [0.1, 0.15) is 12.3 Å². The Morgan fingerprint density at radius 3 is 2.50 bits per heavy atom. The zero-order valence-corrected chi connectivity index (χ0v) is 17.5. The van der Waals surface area contributed by atoms with Crippen LogP contribution in [0, 0.1) is 6.92 Å². The summed E-state index contributed by atoms with van der Waals surface area (Å²) in [7, 11) is 0. The smallest absolute Gasteiger partial charge is 0.263 e. The molecule has 1 fully saturated rings. The SMILES string of the molecule is CCOc1ccc(N2C(=O)C3N=NN(Cc4nc(-c5ccc(C)cc5)no4)C3C2=O)cc1. The lowest BCUT2D eigenvalue weighted by atomic mass is 10.1. The minimum absolute atomic E-state index is 0.0691. The maximum Gasteiger partial charge on any atom is 0.263 e. The minimum atomic E-state index is -0.895. The number of amides is 2. The molecule has 0 aliphatic carbocycles. The highest BCUT2D eigenvalue weighted by molar-refractivity contribution is 6.25. The van der Waals surface area contributed by atoms with Crippen LogP contribution < -0.4 is 9.64 Å². The molecule has 2 unspecified atom stereocenters. The van der Waals surface area contributed by atoms with Gasteiger partial charge >= 0.3 is 0 Å². The number of imide groups is 1. The van der Waals surface area contributed by atoms with Gasteiger partial charge in [0, 0.05) is 5.56 Å². The molecule has 3 heterocycles. The summed E-state index contributed by atoms with van der Waals surface area (Å²) >= 11 is 0. The van der Waals surface area contributed by atoms with E-state index in [0.29, 0.717) is 23.9 Å². The molecule has 2 aliphatic heterocycles. The zero-order chi connectivity index (χ0) is 22.2. The van der Waals surface area contributed by atoms with Gasteiger partial charge in [-0.1, -0.05) is 40.2 Å². The first-order valence-electron chi connectivity index (χ1n) is 10.2. The second-order valence-corrected chi connectivity index (χ2v) is 7.51. The van der Waals surface area contributed by atoms with Gasteiger partial charge < -0.3 is 9.26 Å². The molecule has 0 N–H and O–H groups in total. The fraction of sp³-hybridized carbons (Fsp3) is 0.273. The van der Waals surface area contributed by atoms with Crippen LogP contribution in [0.25, 0.3) is 11.4 Å². The van der Waals surface area contributed by atoms with Gasteiger partial charge in [-0.05, 0) is 38.1 Å². The average Bonchev–Trinajstić information content (AvgIpc) is 3.48. The monoisotopic (exact) mass is 432 g/mol. The van der Waals surface area contributed by atoms with Crippen molar-refractivity contribution in [2.75, 3.05) is 11.5 Å². The van der Waals surface area contributed by atoms with E-state index in [2.05, 4.69) is 20.5 Å². The van der Waals surface area contributed by atoms with Gasteiger partial charge in [-0.3, -0.25) is 14.6 Å². The number of fused-ring (bicyclic) bond motifs is 1. The Morgan fingerprint density at radius 2 is 1.78 bits per heavy atom. The molecular formula is C22H20N6O4. The number of aromatic nitrogens is 2. The van der Waals surface area contributed by atoms with Crippen molar-refractivity contribution in [3.8, 4) is 17.1 Å². The number of aryl methyl sites for hydroxylation is 1. The molecule has 2 amide bonds. The molecular weight excluding hydrogens is 412 g/mol. The molecule has 2 aliphatic rings. The van der Waals surface area contributed by atoms with Gasteiger partial charge in [0.15, 0.2) is 12.1 Å². The van der Waals surface area contributed by atoms with Crippen molar-refractivity contribution in [3.05, 3.63) is 60.0 Å². The summed E-state index contributed by atoms with van der Waals surface area (Å²) in [5.74, 6) is 0.573. The Balaban J connectivity index is 1.33. The van der Waals surface area contributed by atoms with Crippen molar-refractivity contribution < 1.29 is 18.8 Å². The average molecular weight is 432 g/mol. The van der Waals surface area contributed by atoms with Crippen molar-refractivity contribution >= 4 is 17.5 Å². The first kappa shape index (κ1) is 19.9. The van der Waals surface area contributed by atoms with Crippen LogP contribution in [0.2, 0.25) is 0 Å². The van der Waals surface area contributed by atoms with Gasteiger partial charge in [-0.25, -0.2) is 4.90 Å². The first-order valence-corrected chi connectivity index (χ1v) is 10.2. The molecule has 0 saturated carbocycles. The molecule has 0 bridgehead atoms. The fourth-order valence-corrected chi connectivity index (χ4v) is 3.74. The number of anilines is 1. The number of ether oxygens (including phenoxy) is 1. The largest absolute Gasteiger partial charge is 0.494 e. The van der Waals surface area contributed by atoms with Crippen LogP contribution in [-0.4, -0.2) is 45.7 Å². The molecule has 2 aromatic carbocycles. The summed E-state index contributed by atoms with van der Waals surface area (Å²) in [6.07, 6.45) is 0. The van der Waals surface area contributed by atoms with E-state index in [-0.39, 0.29) is 12.4 Å². The third-order valence-electron chi connectivity index (χ3n) is 5.34. The summed E-state index contributed by atoms with van der Waals surface area (Å²) in [6.45, 7) is 4.48. The van der Waals surface area contributed by atoms with Crippen LogP contribution in [0.4, 0.5) is 5.69 Å². The van der Waals surface area contributed by atoms with E-state index >= 15 is 0 Å². The van der Waals surface area contributed by atoms with Crippen LogP contribution in [-0.2, 0) is 16.1 Å². The van der Waals surface area contributed by atoms with E-state index in [1.807, 2.05) is 38.1 Å². The predicted molar refractivity (Wildman–Crippen MR) is 113 cm³/mol. The first-order chi connectivity index (χ1) is 15.5. The summed E-state index contributed by atoms with van der Waals surface area (Å²) in [5.41, 5.74) is 2.41. The van der Waals surface area contributed by atoms with Crippen molar-refractivity contribution in [1.82, 2.24) is 15.1 Å². The van der Waals surface area contributed by atoms with Crippen LogP contribution in [0.5, 0.6) is 5.75 Å².